The van der Waals surface area contributed by atoms with E-state index in [4.69, 9.17) is 9.84 Å². The quantitative estimate of drug-likeness (QED) is 0.488. The van der Waals surface area contributed by atoms with Crippen LogP contribution in [0.5, 0.6) is 5.75 Å². The number of methoxy groups -OCH3 is 1. The molecule has 0 aliphatic rings. The molecule has 0 bridgehead atoms. The molecule has 0 heterocycles. The van der Waals surface area contributed by atoms with Gasteiger partial charge in [-0.3, -0.25) is 0 Å². The number of benzene rings is 2. The van der Waals surface area contributed by atoms with Crippen molar-refractivity contribution in [3.8, 4) is 5.75 Å². The van der Waals surface area contributed by atoms with E-state index in [0.717, 1.165) is 34.1 Å². The highest BCUT2D eigenvalue weighted by Crippen LogP contribution is 2.32. The molecule has 0 unspecified atom stereocenters. The second-order valence-electron chi connectivity index (χ2n) is 5.65. The number of anilines is 1. The van der Waals surface area contributed by atoms with E-state index in [2.05, 4.69) is 28.6 Å². The molecule has 0 spiro atoms. The summed E-state index contributed by atoms with van der Waals surface area (Å²) < 4.78 is 5.26. The number of nitrogens with zero attached hydrogens (tertiary/aromatic N) is 3. The Morgan fingerprint density at radius 2 is 1.96 bits per heavy atom. The van der Waals surface area contributed by atoms with Gasteiger partial charge in [-0.1, -0.05) is 24.4 Å². The van der Waals surface area contributed by atoms with Crippen LogP contribution in [-0.2, 0) is 0 Å². The summed E-state index contributed by atoms with van der Waals surface area (Å²) in [5, 5.41) is 18.2. The number of aryl methyl sites for hydroxylation is 1. The fourth-order valence-corrected chi connectivity index (χ4v) is 3.14. The Bertz CT molecular complexity index is 760. The van der Waals surface area contributed by atoms with Gasteiger partial charge in [-0.05, 0) is 55.8 Å². The summed E-state index contributed by atoms with van der Waals surface area (Å²) >= 11 is 1.47. The Balaban J connectivity index is 2.02. The maximum Gasteiger partial charge on any atom is 0.120 e. The zero-order chi connectivity index (χ0) is 18.9. The molecule has 0 amide bonds. The molecule has 2 aromatic rings. The fraction of sp³-hybridized carbons (Fsp3) is 0.300. The topological polar surface area (TPSA) is 57.4 Å². The first-order chi connectivity index (χ1) is 12.6. The predicted molar refractivity (Wildman–Crippen MR) is 109 cm³/mol. The molecule has 26 heavy (non-hydrogen) atoms. The van der Waals surface area contributed by atoms with Crippen LogP contribution < -0.4 is 9.64 Å². The summed E-state index contributed by atoms with van der Waals surface area (Å²) in [7, 11) is 1.65. The van der Waals surface area contributed by atoms with Crippen LogP contribution in [0.1, 0.15) is 12.5 Å². The maximum absolute atomic E-state index is 9.11. The molecule has 0 saturated heterocycles. The zero-order valence-corrected chi connectivity index (χ0v) is 16.3. The van der Waals surface area contributed by atoms with E-state index in [1.165, 1.54) is 11.8 Å². The Labute approximate surface area is 159 Å². The highest BCUT2D eigenvalue weighted by molar-refractivity contribution is 8.03. The van der Waals surface area contributed by atoms with Crippen LogP contribution in [0.15, 0.2) is 69.2 Å². The first-order valence-corrected chi connectivity index (χ1v) is 9.28. The maximum atomic E-state index is 9.11. The summed E-state index contributed by atoms with van der Waals surface area (Å²) in [5.74, 6) is 0.807. The number of azo groups is 1. The minimum absolute atomic E-state index is 0.135. The minimum Gasteiger partial charge on any atom is -0.497 e. The molecule has 0 saturated carbocycles. The molecule has 2 aromatic carbocycles. The number of hydrogen-bond donors (Lipinski definition) is 1. The van der Waals surface area contributed by atoms with Crippen LogP contribution in [0.3, 0.4) is 0 Å². The third kappa shape index (κ3) is 5.61. The summed E-state index contributed by atoms with van der Waals surface area (Å²) in [6, 6.07) is 13.7. The van der Waals surface area contributed by atoms with Crippen LogP contribution in [0.2, 0.25) is 0 Å². The van der Waals surface area contributed by atoms with Gasteiger partial charge in [0.2, 0.25) is 0 Å². The van der Waals surface area contributed by atoms with Crippen molar-refractivity contribution < 1.29 is 9.84 Å². The van der Waals surface area contributed by atoms with Gasteiger partial charge in [0.05, 0.1) is 19.4 Å². The van der Waals surface area contributed by atoms with Crippen LogP contribution in [0.25, 0.3) is 0 Å². The fourth-order valence-electron chi connectivity index (χ4n) is 2.40. The lowest BCUT2D eigenvalue weighted by atomic mass is 10.2. The van der Waals surface area contributed by atoms with Gasteiger partial charge in [-0.25, -0.2) is 0 Å². The molecule has 0 atom stereocenters. The van der Waals surface area contributed by atoms with E-state index in [1.54, 1.807) is 7.11 Å². The molecule has 0 aliphatic carbocycles. The van der Waals surface area contributed by atoms with Crippen LogP contribution in [0, 0.1) is 6.92 Å². The van der Waals surface area contributed by atoms with Crippen molar-refractivity contribution >= 4 is 23.1 Å². The normalized spacial score (nSPS) is 10.9. The summed E-state index contributed by atoms with van der Waals surface area (Å²) in [5.41, 5.74) is 2.96. The summed E-state index contributed by atoms with van der Waals surface area (Å²) in [4.78, 5) is 3.15. The standard InChI is InChI=1S/C20H25N3O2S/c1-5-23(12-13-24)18-9-7-17(8-10-18)22-21-16(3)26-20-14-19(25-4)11-6-15(20)2/h6-11,14,24H,3,5,12-13H2,1-2,4H3. The van der Waals surface area contributed by atoms with E-state index in [-0.39, 0.29) is 6.61 Å². The SMILES string of the molecule is C=C(N=Nc1ccc(N(CC)CCO)cc1)Sc1cc(OC)ccc1C. The lowest BCUT2D eigenvalue weighted by molar-refractivity contribution is 0.302. The van der Waals surface area contributed by atoms with E-state index < -0.39 is 0 Å². The number of aliphatic hydroxyl groups is 1. The van der Waals surface area contributed by atoms with E-state index in [0.29, 0.717) is 11.6 Å². The average Bonchev–Trinajstić information content (AvgIpc) is 2.66. The van der Waals surface area contributed by atoms with Crippen LogP contribution >= 0.6 is 11.8 Å². The second kappa shape index (κ2) is 9.99. The smallest absolute Gasteiger partial charge is 0.120 e. The molecule has 5 nitrogen and oxygen atoms in total. The van der Waals surface area contributed by atoms with Crippen molar-refractivity contribution in [1.82, 2.24) is 0 Å². The first kappa shape index (κ1) is 20.0. The average molecular weight is 372 g/mol. The first-order valence-electron chi connectivity index (χ1n) is 8.46. The van der Waals surface area contributed by atoms with Crippen molar-refractivity contribution in [2.24, 2.45) is 10.2 Å². The van der Waals surface area contributed by atoms with Gasteiger partial charge < -0.3 is 14.7 Å². The van der Waals surface area contributed by atoms with Gasteiger partial charge in [-0.15, -0.1) is 5.11 Å². The lowest BCUT2D eigenvalue weighted by Gasteiger charge is -2.21. The van der Waals surface area contributed by atoms with Crippen molar-refractivity contribution in [3.63, 3.8) is 0 Å². The van der Waals surface area contributed by atoms with E-state index in [1.807, 2.05) is 49.4 Å². The second-order valence-corrected chi connectivity index (χ2v) is 6.76. The summed E-state index contributed by atoms with van der Waals surface area (Å²) in [6.45, 7) is 9.66. The molecular formula is C20H25N3O2S. The van der Waals surface area contributed by atoms with Crippen molar-refractivity contribution in [3.05, 3.63) is 59.6 Å². The molecular weight excluding hydrogens is 346 g/mol. The van der Waals surface area contributed by atoms with Gasteiger partial charge in [0, 0.05) is 23.7 Å². The largest absolute Gasteiger partial charge is 0.497 e. The van der Waals surface area contributed by atoms with E-state index >= 15 is 0 Å². The molecule has 2 rings (SSSR count). The van der Waals surface area contributed by atoms with Crippen LogP contribution in [0.4, 0.5) is 11.4 Å². The number of aliphatic hydroxyl groups excluding tert-OH is 1. The van der Waals surface area contributed by atoms with Gasteiger partial charge in [-0.2, -0.15) is 5.11 Å². The predicted octanol–water partition coefficient (Wildman–Crippen LogP) is 5.17. The number of ether oxygens (including phenoxy) is 1. The van der Waals surface area contributed by atoms with Gasteiger partial charge >= 0.3 is 0 Å². The van der Waals surface area contributed by atoms with Crippen LogP contribution in [-0.4, -0.2) is 31.9 Å². The van der Waals surface area contributed by atoms with Crippen molar-refractivity contribution in [2.75, 3.05) is 31.7 Å². The zero-order valence-electron chi connectivity index (χ0n) is 15.5. The highest BCUT2D eigenvalue weighted by atomic mass is 32.2. The Kier molecular flexibility index (Phi) is 7.69. The minimum atomic E-state index is 0.135. The van der Waals surface area contributed by atoms with Gasteiger partial charge in [0.15, 0.2) is 0 Å². The monoisotopic (exact) mass is 371 g/mol. The lowest BCUT2D eigenvalue weighted by Crippen LogP contribution is -2.25. The van der Waals surface area contributed by atoms with E-state index in [9.17, 15) is 0 Å². The molecule has 6 heteroatoms. The Morgan fingerprint density at radius 3 is 2.58 bits per heavy atom. The molecule has 138 valence electrons. The number of rotatable bonds is 9. The van der Waals surface area contributed by atoms with Crippen molar-refractivity contribution in [2.45, 2.75) is 18.7 Å². The third-order valence-electron chi connectivity index (χ3n) is 3.87. The molecule has 0 fully saturated rings. The van der Waals surface area contributed by atoms with Gasteiger partial charge in [0.25, 0.3) is 0 Å². The summed E-state index contributed by atoms with van der Waals surface area (Å²) in [6.07, 6.45) is 0. The Hall–Kier alpha value is -2.31. The number of thioether (sulfide) groups is 1. The highest BCUT2D eigenvalue weighted by Gasteiger charge is 2.05. The number of likely N-dealkylation sites (N-methyl/N-ethyl adjacent to an activating group) is 1. The van der Waals surface area contributed by atoms with Gasteiger partial charge in [0.1, 0.15) is 10.8 Å². The Morgan fingerprint density at radius 1 is 1.23 bits per heavy atom. The third-order valence-corrected chi connectivity index (χ3v) is 4.84. The molecule has 0 radical (unpaired) electrons. The molecule has 1 N–H and O–H groups in total. The number of hydrogen-bond acceptors (Lipinski definition) is 6. The van der Waals surface area contributed by atoms with Crippen molar-refractivity contribution in [1.29, 1.82) is 0 Å². The molecule has 0 aliphatic heterocycles. The molecule has 0 aromatic heterocycles.